The number of benzene rings is 2. The third-order valence-corrected chi connectivity index (χ3v) is 3.57. The fourth-order valence-corrected chi connectivity index (χ4v) is 2.45. The molecule has 21 heavy (non-hydrogen) atoms. The minimum Gasteiger partial charge on any atom is -0.455 e. The highest BCUT2D eigenvalue weighted by molar-refractivity contribution is 9.10. The predicted octanol–water partition coefficient (Wildman–Crippen LogP) is 4.07. The van der Waals surface area contributed by atoms with Gasteiger partial charge in [0, 0.05) is 10.7 Å². The van der Waals surface area contributed by atoms with Crippen molar-refractivity contribution in [3.8, 4) is 11.5 Å². The predicted molar refractivity (Wildman–Crippen MR) is 87.0 cm³/mol. The number of nitrogens with two attached hydrogens (primary N) is 1. The molecule has 1 aromatic heterocycles. The Kier molecular flexibility index (Phi) is 3.58. The van der Waals surface area contributed by atoms with E-state index in [1.54, 1.807) is 18.5 Å². The Bertz CT molecular complexity index is 833. The SMILES string of the molecule is N=C(N)c1ccncc1Oc1ccc2cc(Br)ccc2c1. The number of halogens is 1. The first-order valence-electron chi connectivity index (χ1n) is 6.29. The lowest BCUT2D eigenvalue weighted by molar-refractivity contribution is 0.480. The summed E-state index contributed by atoms with van der Waals surface area (Å²) in [7, 11) is 0. The van der Waals surface area contributed by atoms with Crippen molar-refractivity contribution in [2.75, 3.05) is 0 Å². The first-order chi connectivity index (χ1) is 10.1. The van der Waals surface area contributed by atoms with Crippen molar-refractivity contribution in [1.29, 1.82) is 5.41 Å². The van der Waals surface area contributed by atoms with Crippen molar-refractivity contribution in [3.63, 3.8) is 0 Å². The fraction of sp³-hybridized carbons (Fsp3) is 0. The molecular weight excluding hydrogens is 330 g/mol. The van der Waals surface area contributed by atoms with Crippen LogP contribution in [0.4, 0.5) is 0 Å². The number of ether oxygens (including phenoxy) is 1. The van der Waals surface area contributed by atoms with Crippen LogP contribution in [0.15, 0.2) is 59.3 Å². The zero-order chi connectivity index (χ0) is 14.8. The molecule has 0 unspecified atom stereocenters. The molecular formula is C16H12BrN3O. The van der Waals surface area contributed by atoms with E-state index in [-0.39, 0.29) is 5.84 Å². The van der Waals surface area contributed by atoms with Crippen LogP contribution in [0.1, 0.15) is 5.56 Å². The number of fused-ring (bicyclic) bond motifs is 1. The second-order valence-corrected chi connectivity index (χ2v) is 5.46. The van der Waals surface area contributed by atoms with Crippen LogP contribution in [-0.4, -0.2) is 10.8 Å². The largest absolute Gasteiger partial charge is 0.455 e. The molecule has 0 fully saturated rings. The maximum absolute atomic E-state index is 7.56. The standard InChI is InChI=1S/C16H12BrN3O/c17-12-3-1-11-8-13(4-2-10(11)7-12)21-15-9-20-6-5-14(15)16(18)19/h1-9H,(H3,18,19). The number of aromatic nitrogens is 1. The molecule has 1 heterocycles. The molecule has 0 aliphatic rings. The zero-order valence-corrected chi connectivity index (χ0v) is 12.6. The van der Waals surface area contributed by atoms with E-state index in [9.17, 15) is 0 Å². The monoisotopic (exact) mass is 341 g/mol. The molecule has 3 aromatic rings. The molecule has 104 valence electrons. The normalized spacial score (nSPS) is 10.5. The highest BCUT2D eigenvalue weighted by Gasteiger charge is 2.08. The van der Waals surface area contributed by atoms with Crippen LogP contribution >= 0.6 is 15.9 Å². The van der Waals surface area contributed by atoms with Crippen LogP contribution in [0.25, 0.3) is 10.8 Å². The van der Waals surface area contributed by atoms with Gasteiger partial charge in [-0.25, -0.2) is 0 Å². The van der Waals surface area contributed by atoms with Crippen LogP contribution in [0.2, 0.25) is 0 Å². The average molecular weight is 342 g/mol. The summed E-state index contributed by atoms with van der Waals surface area (Å²) in [5.74, 6) is 1.11. The van der Waals surface area contributed by atoms with Gasteiger partial charge in [0.15, 0.2) is 5.75 Å². The summed E-state index contributed by atoms with van der Waals surface area (Å²) in [4.78, 5) is 4.01. The Morgan fingerprint density at radius 1 is 1.10 bits per heavy atom. The van der Waals surface area contributed by atoms with E-state index in [0.717, 1.165) is 15.2 Å². The Morgan fingerprint density at radius 2 is 1.86 bits per heavy atom. The van der Waals surface area contributed by atoms with Gasteiger partial charge in [-0.15, -0.1) is 0 Å². The number of rotatable bonds is 3. The van der Waals surface area contributed by atoms with Gasteiger partial charge in [-0.3, -0.25) is 10.4 Å². The lowest BCUT2D eigenvalue weighted by atomic mass is 10.1. The summed E-state index contributed by atoms with van der Waals surface area (Å²) in [6.07, 6.45) is 3.14. The number of nitrogens with zero attached hydrogens (tertiary/aromatic N) is 1. The average Bonchev–Trinajstić information content (AvgIpc) is 2.48. The Labute approximate surface area is 130 Å². The third-order valence-electron chi connectivity index (χ3n) is 3.08. The lowest BCUT2D eigenvalue weighted by Crippen LogP contribution is -2.12. The molecule has 5 heteroatoms. The van der Waals surface area contributed by atoms with Crippen molar-refractivity contribution in [2.24, 2.45) is 5.73 Å². The van der Waals surface area contributed by atoms with Crippen molar-refractivity contribution in [2.45, 2.75) is 0 Å². The quantitative estimate of drug-likeness (QED) is 0.557. The Hall–Kier alpha value is -2.40. The summed E-state index contributed by atoms with van der Waals surface area (Å²) in [6, 6.07) is 13.5. The highest BCUT2D eigenvalue weighted by Crippen LogP contribution is 2.28. The van der Waals surface area contributed by atoms with E-state index < -0.39 is 0 Å². The van der Waals surface area contributed by atoms with Gasteiger partial charge in [0.1, 0.15) is 11.6 Å². The molecule has 2 aromatic carbocycles. The summed E-state index contributed by atoms with van der Waals surface area (Å²) in [5, 5.41) is 9.75. The van der Waals surface area contributed by atoms with Gasteiger partial charge < -0.3 is 10.5 Å². The van der Waals surface area contributed by atoms with Crippen molar-refractivity contribution >= 4 is 32.5 Å². The maximum Gasteiger partial charge on any atom is 0.156 e. The van der Waals surface area contributed by atoms with Gasteiger partial charge in [-0.2, -0.15) is 0 Å². The molecule has 0 saturated carbocycles. The number of hydrogen-bond donors (Lipinski definition) is 2. The van der Waals surface area contributed by atoms with Gasteiger partial charge in [0.2, 0.25) is 0 Å². The van der Waals surface area contributed by atoms with Gasteiger partial charge in [-0.05, 0) is 41.1 Å². The van der Waals surface area contributed by atoms with Crippen LogP contribution in [-0.2, 0) is 0 Å². The summed E-state index contributed by atoms with van der Waals surface area (Å²) < 4.78 is 6.85. The molecule has 3 rings (SSSR count). The molecule has 0 amide bonds. The van der Waals surface area contributed by atoms with Crippen molar-refractivity contribution < 1.29 is 4.74 Å². The number of amidine groups is 1. The van der Waals surface area contributed by atoms with Crippen molar-refractivity contribution in [1.82, 2.24) is 4.98 Å². The van der Waals surface area contributed by atoms with Gasteiger partial charge in [0.05, 0.1) is 11.8 Å². The zero-order valence-electron chi connectivity index (χ0n) is 11.0. The summed E-state index contributed by atoms with van der Waals surface area (Å²) >= 11 is 3.45. The molecule has 4 nitrogen and oxygen atoms in total. The highest BCUT2D eigenvalue weighted by atomic mass is 79.9. The van der Waals surface area contributed by atoms with Crippen LogP contribution in [0, 0.1) is 5.41 Å². The lowest BCUT2D eigenvalue weighted by Gasteiger charge is -2.10. The number of pyridine rings is 1. The molecule has 0 atom stereocenters. The summed E-state index contributed by atoms with van der Waals surface area (Å²) in [5.41, 5.74) is 6.07. The second-order valence-electron chi connectivity index (χ2n) is 4.54. The van der Waals surface area contributed by atoms with Crippen molar-refractivity contribution in [3.05, 3.63) is 64.9 Å². The Morgan fingerprint density at radius 3 is 2.67 bits per heavy atom. The second kappa shape index (κ2) is 5.54. The molecule has 0 radical (unpaired) electrons. The van der Waals surface area contributed by atoms with Gasteiger partial charge in [-0.1, -0.05) is 28.1 Å². The van der Waals surface area contributed by atoms with Crippen LogP contribution in [0.5, 0.6) is 11.5 Å². The first-order valence-corrected chi connectivity index (χ1v) is 7.08. The molecule has 0 saturated heterocycles. The Balaban J connectivity index is 1.99. The molecule has 0 spiro atoms. The molecule has 3 N–H and O–H groups in total. The van der Waals surface area contributed by atoms with E-state index in [1.807, 2.05) is 36.4 Å². The third kappa shape index (κ3) is 2.87. The number of nitrogens with one attached hydrogen (secondary N) is 1. The number of nitrogen functional groups attached to an aromatic ring is 1. The minimum atomic E-state index is -0.0443. The molecule has 0 bridgehead atoms. The van der Waals surface area contributed by atoms with E-state index >= 15 is 0 Å². The van der Waals surface area contributed by atoms with E-state index in [0.29, 0.717) is 17.1 Å². The summed E-state index contributed by atoms with van der Waals surface area (Å²) in [6.45, 7) is 0. The van der Waals surface area contributed by atoms with Crippen LogP contribution in [0.3, 0.4) is 0 Å². The van der Waals surface area contributed by atoms with E-state index in [2.05, 4.69) is 20.9 Å². The molecule has 0 aliphatic carbocycles. The molecule has 0 aliphatic heterocycles. The van der Waals surface area contributed by atoms with E-state index in [4.69, 9.17) is 15.9 Å². The smallest absolute Gasteiger partial charge is 0.156 e. The van der Waals surface area contributed by atoms with Gasteiger partial charge >= 0.3 is 0 Å². The van der Waals surface area contributed by atoms with E-state index in [1.165, 1.54) is 0 Å². The fourth-order valence-electron chi connectivity index (χ4n) is 2.07. The topological polar surface area (TPSA) is 72.0 Å². The van der Waals surface area contributed by atoms with Crippen LogP contribution < -0.4 is 10.5 Å². The van der Waals surface area contributed by atoms with Gasteiger partial charge in [0.25, 0.3) is 0 Å². The number of hydrogen-bond acceptors (Lipinski definition) is 3. The maximum atomic E-state index is 7.56. The first kappa shape index (κ1) is 13.6. The minimum absolute atomic E-state index is 0.0443.